The molecular weight excluding hydrogens is 491 g/mol. The van der Waals surface area contributed by atoms with Gasteiger partial charge in [-0.25, -0.2) is 0 Å². The minimum atomic E-state index is -0.673. The monoisotopic (exact) mass is 526 g/mol. The van der Waals surface area contributed by atoms with Gasteiger partial charge in [-0.15, -0.1) is 17.0 Å². The topological polar surface area (TPSA) is 37.3 Å². The number of carboxylic acids is 1. The predicted molar refractivity (Wildman–Crippen MR) is 148 cm³/mol. The van der Waals surface area contributed by atoms with Crippen molar-refractivity contribution in [3.05, 3.63) is 90.5 Å². The minimum Gasteiger partial charge on any atom is -0.481 e. The highest BCUT2D eigenvalue weighted by atomic mass is 79.9. The molecule has 0 fully saturated rings. The van der Waals surface area contributed by atoms with Crippen molar-refractivity contribution < 1.29 is 9.90 Å². The maximum atomic E-state index is 10.6. The number of benzene rings is 3. The van der Waals surface area contributed by atoms with Gasteiger partial charge in [-0.2, -0.15) is 0 Å². The Balaban J connectivity index is 0.00000385. The number of hydrogen-bond donors (Lipinski definition) is 1. The molecule has 0 aliphatic carbocycles. The number of aryl methyl sites for hydroxylation is 1. The van der Waals surface area contributed by atoms with Gasteiger partial charge >= 0.3 is 5.97 Å². The van der Waals surface area contributed by atoms with Crippen LogP contribution in [0, 0.1) is 0 Å². The smallest absolute Gasteiger partial charge is 0.303 e. The summed E-state index contributed by atoms with van der Waals surface area (Å²) in [6.45, 7) is 0. The van der Waals surface area contributed by atoms with Crippen LogP contribution in [0.1, 0.15) is 63.4 Å². The van der Waals surface area contributed by atoms with Gasteiger partial charge in [-0.05, 0) is 48.7 Å². The van der Waals surface area contributed by atoms with Crippen LogP contribution >= 0.6 is 24.9 Å². The molecule has 0 saturated carbocycles. The molecule has 0 bridgehead atoms. The fourth-order valence-electron chi connectivity index (χ4n) is 4.17. The third kappa shape index (κ3) is 9.43. The first-order valence-electron chi connectivity index (χ1n) is 12.0. The molecule has 4 heteroatoms. The molecule has 0 radical (unpaired) electrons. The summed E-state index contributed by atoms with van der Waals surface area (Å²) >= 11 is 0. The normalized spacial score (nSPS) is 10.7. The van der Waals surface area contributed by atoms with Gasteiger partial charge < -0.3 is 5.11 Å². The molecule has 0 spiro atoms. The summed E-state index contributed by atoms with van der Waals surface area (Å²) in [5.74, 6) is -0.673. The molecule has 0 atom stereocenters. The maximum Gasteiger partial charge on any atom is 0.303 e. The molecule has 3 aromatic carbocycles. The molecule has 3 rings (SSSR count). The van der Waals surface area contributed by atoms with Crippen molar-refractivity contribution in [2.75, 3.05) is 0 Å². The highest BCUT2D eigenvalue weighted by Crippen LogP contribution is 2.34. The number of halogens is 1. The van der Waals surface area contributed by atoms with E-state index in [9.17, 15) is 4.79 Å². The van der Waals surface area contributed by atoms with E-state index >= 15 is 0 Å². The van der Waals surface area contributed by atoms with Crippen molar-refractivity contribution in [2.24, 2.45) is 0 Å². The number of aliphatic carboxylic acids is 1. The molecule has 176 valence electrons. The van der Waals surface area contributed by atoms with E-state index in [0.717, 1.165) is 25.7 Å². The zero-order chi connectivity index (χ0) is 22.4. The van der Waals surface area contributed by atoms with E-state index in [1.165, 1.54) is 53.6 Å². The third-order valence-electron chi connectivity index (χ3n) is 5.85. The zero-order valence-corrected chi connectivity index (χ0v) is 22.0. The molecule has 33 heavy (non-hydrogen) atoms. The van der Waals surface area contributed by atoms with Gasteiger partial charge in [0.25, 0.3) is 0 Å². The van der Waals surface area contributed by atoms with E-state index in [4.69, 9.17) is 5.11 Å². The van der Waals surface area contributed by atoms with Crippen molar-refractivity contribution in [1.29, 1.82) is 0 Å². The van der Waals surface area contributed by atoms with E-state index in [-0.39, 0.29) is 17.0 Å². The van der Waals surface area contributed by atoms with Gasteiger partial charge in [0, 0.05) is 6.42 Å². The van der Waals surface area contributed by atoms with Crippen molar-refractivity contribution in [2.45, 2.75) is 64.2 Å². The van der Waals surface area contributed by atoms with Gasteiger partial charge in [0.1, 0.15) is 0 Å². The average molecular weight is 527 g/mol. The Morgan fingerprint density at radius 1 is 0.606 bits per heavy atom. The Kier molecular flexibility index (Phi) is 13.1. The second-order valence-electron chi connectivity index (χ2n) is 8.36. The molecule has 0 aliphatic rings. The number of hydrogen-bond acceptors (Lipinski definition) is 1. The van der Waals surface area contributed by atoms with Crippen LogP contribution in [0.15, 0.2) is 84.9 Å². The molecular formula is C29H36BrO2P. The van der Waals surface area contributed by atoms with Crippen LogP contribution in [-0.4, -0.2) is 11.1 Å². The van der Waals surface area contributed by atoms with Crippen molar-refractivity contribution in [1.82, 2.24) is 0 Å². The van der Waals surface area contributed by atoms with Gasteiger partial charge in [-0.1, -0.05) is 123 Å². The second kappa shape index (κ2) is 15.8. The summed E-state index contributed by atoms with van der Waals surface area (Å²) in [5.41, 5.74) is 1.49. The lowest BCUT2D eigenvalue weighted by Gasteiger charge is -2.22. The van der Waals surface area contributed by atoms with Crippen LogP contribution in [0.2, 0.25) is 0 Å². The largest absolute Gasteiger partial charge is 0.481 e. The Hall–Kier alpha value is -1.96. The van der Waals surface area contributed by atoms with Gasteiger partial charge in [0.15, 0.2) is 0 Å². The lowest BCUT2D eigenvalue weighted by Crippen LogP contribution is -2.23. The molecule has 0 heterocycles. The fraction of sp³-hybridized carbons (Fsp3) is 0.345. The van der Waals surface area contributed by atoms with E-state index < -0.39 is 13.9 Å². The first kappa shape index (κ1) is 27.3. The molecule has 2 nitrogen and oxygen atoms in total. The van der Waals surface area contributed by atoms with Crippen molar-refractivity contribution >= 4 is 46.8 Å². The number of rotatable bonds is 14. The molecule has 0 amide bonds. The van der Waals surface area contributed by atoms with E-state index in [0.29, 0.717) is 6.42 Å². The van der Waals surface area contributed by atoms with Gasteiger partial charge in [0.05, 0.1) is 0 Å². The Labute approximate surface area is 211 Å². The fourth-order valence-corrected chi connectivity index (χ4v) is 6.68. The summed E-state index contributed by atoms with van der Waals surface area (Å²) in [6, 6.07) is 30.9. The summed E-state index contributed by atoms with van der Waals surface area (Å²) < 4.78 is 0. The van der Waals surface area contributed by atoms with Crippen molar-refractivity contribution in [3.8, 4) is 0 Å². The van der Waals surface area contributed by atoms with E-state index in [1.807, 2.05) is 0 Å². The molecule has 1 N–H and O–H groups in total. The molecule has 3 aromatic rings. The summed E-state index contributed by atoms with van der Waals surface area (Å²) in [6.07, 6.45) is 10.7. The molecule has 0 aliphatic heterocycles. The summed E-state index contributed by atoms with van der Waals surface area (Å²) in [7, 11) is -0.550. The van der Waals surface area contributed by atoms with Crippen LogP contribution < -0.4 is 15.9 Å². The Morgan fingerprint density at radius 2 is 1.06 bits per heavy atom. The average Bonchev–Trinajstić information content (AvgIpc) is 2.82. The maximum absolute atomic E-state index is 10.6. The third-order valence-corrected chi connectivity index (χ3v) is 8.40. The number of unbranched alkanes of at least 4 members (excludes halogenated alkanes) is 7. The Bertz CT molecular complexity index is 891. The van der Waals surface area contributed by atoms with Crippen molar-refractivity contribution in [3.63, 3.8) is 0 Å². The highest BCUT2D eigenvalue weighted by Gasteiger charge is 2.18. The van der Waals surface area contributed by atoms with Crippen LogP contribution in [-0.2, 0) is 11.2 Å². The van der Waals surface area contributed by atoms with Gasteiger partial charge in [-0.3, -0.25) is 4.79 Å². The SMILES string of the molecule is Br.O=C(O)CCCCCCCCCCc1ccccc1P(c1ccccc1)c1ccccc1. The second-order valence-corrected chi connectivity index (χ2v) is 10.5. The molecule has 0 saturated heterocycles. The molecule has 0 unspecified atom stereocenters. The number of carbonyl (C=O) groups is 1. The lowest BCUT2D eigenvalue weighted by atomic mass is 10.0. The van der Waals surface area contributed by atoms with Gasteiger partial charge in [0.2, 0.25) is 0 Å². The minimum absolute atomic E-state index is 0. The van der Waals surface area contributed by atoms with E-state index in [2.05, 4.69) is 84.9 Å². The quantitative estimate of drug-likeness (QED) is 0.178. The number of carboxylic acid groups (broad SMARTS) is 1. The zero-order valence-electron chi connectivity index (χ0n) is 19.4. The van der Waals surface area contributed by atoms with E-state index in [1.54, 1.807) is 0 Å². The van der Waals surface area contributed by atoms with Crippen LogP contribution in [0.3, 0.4) is 0 Å². The highest BCUT2D eigenvalue weighted by molar-refractivity contribution is 8.93. The predicted octanol–water partition coefficient (Wildman–Crippen LogP) is 7.16. The van der Waals surface area contributed by atoms with Crippen LogP contribution in [0.4, 0.5) is 0 Å². The summed E-state index contributed by atoms with van der Waals surface area (Å²) in [4.78, 5) is 10.6. The summed E-state index contributed by atoms with van der Waals surface area (Å²) in [5, 5.41) is 13.0. The van der Waals surface area contributed by atoms with Crippen LogP contribution in [0.25, 0.3) is 0 Å². The first-order chi connectivity index (χ1) is 15.8. The first-order valence-corrected chi connectivity index (χ1v) is 13.3. The Morgan fingerprint density at radius 3 is 1.61 bits per heavy atom. The van der Waals surface area contributed by atoms with Crippen LogP contribution in [0.5, 0.6) is 0 Å². The molecule has 0 aromatic heterocycles. The standard InChI is InChI=1S/C29H35O2P.BrH/c30-29(31)24-14-6-4-2-1-3-5-9-17-25-18-15-16-23-28(25)32(26-19-10-7-11-20-26)27-21-12-8-13-22-27;/h7-8,10-13,15-16,18-23H,1-6,9,14,17,24H2,(H,30,31);1H. The lowest BCUT2D eigenvalue weighted by molar-refractivity contribution is -0.137.